The van der Waals surface area contributed by atoms with Crippen molar-refractivity contribution in [3.63, 3.8) is 0 Å². The zero-order valence-electron chi connectivity index (χ0n) is 11.8. The van der Waals surface area contributed by atoms with Gasteiger partial charge in [-0.25, -0.2) is 0 Å². The van der Waals surface area contributed by atoms with Crippen molar-refractivity contribution >= 4 is 11.7 Å². The molecule has 0 saturated heterocycles. The first-order valence-corrected chi connectivity index (χ1v) is 6.97. The van der Waals surface area contributed by atoms with Crippen molar-refractivity contribution in [2.45, 2.75) is 32.1 Å². The summed E-state index contributed by atoms with van der Waals surface area (Å²) in [5.74, 6) is 1.15. The van der Waals surface area contributed by atoms with Crippen LogP contribution >= 0.6 is 0 Å². The van der Waals surface area contributed by atoms with Crippen molar-refractivity contribution in [3.05, 3.63) is 46.6 Å². The number of Topliss-reactive ketones (excluding diaryl/α,β-unsaturated/α-hetero) is 1. The molecule has 0 radical (unpaired) electrons. The van der Waals surface area contributed by atoms with E-state index in [0.29, 0.717) is 0 Å². The number of hydrogen-bond acceptors (Lipinski definition) is 4. The van der Waals surface area contributed by atoms with E-state index in [2.05, 4.69) is 10.5 Å². The fourth-order valence-corrected chi connectivity index (χ4v) is 2.93. The van der Waals surface area contributed by atoms with Gasteiger partial charge < -0.3 is 9.84 Å². The van der Waals surface area contributed by atoms with Crippen LogP contribution in [0.15, 0.2) is 28.8 Å². The van der Waals surface area contributed by atoms with Crippen molar-refractivity contribution < 1.29 is 9.32 Å². The Labute approximate surface area is 118 Å². The quantitative estimate of drug-likeness (QED) is 0.869. The predicted molar refractivity (Wildman–Crippen MR) is 77.3 cm³/mol. The van der Waals surface area contributed by atoms with Gasteiger partial charge in [-0.15, -0.1) is 0 Å². The van der Waals surface area contributed by atoms with Crippen LogP contribution in [0.25, 0.3) is 0 Å². The normalized spacial score (nSPS) is 17.6. The molecule has 1 aliphatic carbocycles. The van der Waals surface area contributed by atoms with Gasteiger partial charge in [0.1, 0.15) is 0 Å². The first kappa shape index (κ1) is 12.9. The predicted octanol–water partition coefficient (Wildman–Crippen LogP) is 3.39. The number of anilines is 1. The zero-order chi connectivity index (χ0) is 14.1. The molecule has 1 aromatic heterocycles. The molecule has 1 N–H and O–H groups in total. The Morgan fingerprint density at radius 1 is 1.35 bits per heavy atom. The summed E-state index contributed by atoms with van der Waals surface area (Å²) in [6.45, 7) is 1.59. The van der Waals surface area contributed by atoms with E-state index in [9.17, 15) is 4.79 Å². The summed E-state index contributed by atoms with van der Waals surface area (Å²) in [5, 5.41) is 7.30. The van der Waals surface area contributed by atoms with Crippen LogP contribution in [0.3, 0.4) is 0 Å². The second-order valence-corrected chi connectivity index (χ2v) is 5.25. The van der Waals surface area contributed by atoms with E-state index in [1.165, 1.54) is 11.1 Å². The Morgan fingerprint density at radius 3 is 2.75 bits per heavy atom. The summed E-state index contributed by atoms with van der Waals surface area (Å²) >= 11 is 0. The maximum Gasteiger partial charge on any atom is 0.227 e. The topological polar surface area (TPSA) is 55.1 Å². The summed E-state index contributed by atoms with van der Waals surface area (Å²) in [4.78, 5) is 11.3. The van der Waals surface area contributed by atoms with Crippen LogP contribution in [0.1, 0.15) is 52.9 Å². The molecule has 3 rings (SSSR count). The molecule has 2 aromatic rings. The molecule has 1 unspecified atom stereocenters. The van der Waals surface area contributed by atoms with Gasteiger partial charge in [0.15, 0.2) is 5.78 Å². The van der Waals surface area contributed by atoms with Crippen molar-refractivity contribution in [1.29, 1.82) is 0 Å². The number of ketones is 1. The summed E-state index contributed by atoms with van der Waals surface area (Å²) < 4.78 is 5.37. The number of carbonyl (C=O) groups excluding carboxylic acids is 1. The molecular formula is C16H18N2O2. The van der Waals surface area contributed by atoms with Crippen molar-refractivity contribution in [2.75, 3.05) is 12.4 Å². The van der Waals surface area contributed by atoms with Crippen LogP contribution in [0.4, 0.5) is 5.88 Å². The van der Waals surface area contributed by atoms with E-state index in [-0.39, 0.29) is 11.7 Å². The molecule has 20 heavy (non-hydrogen) atoms. The average Bonchev–Trinajstić information content (AvgIpc) is 2.90. The van der Waals surface area contributed by atoms with Crippen LogP contribution in [0.5, 0.6) is 0 Å². The SMILES string of the molecule is CNc1onc2c1CCCC2c1ccc(C(C)=O)cc1. The Kier molecular flexibility index (Phi) is 3.30. The minimum atomic E-state index is 0.0970. The lowest BCUT2D eigenvalue weighted by atomic mass is 9.82. The molecule has 1 aliphatic rings. The molecule has 0 bridgehead atoms. The molecule has 104 valence electrons. The first-order chi connectivity index (χ1) is 9.70. The largest absolute Gasteiger partial charge is 0.357 e. The monoisotopic (exact) mass is 270 g/mol. The Morgan fingerprint density at radius 2 is 2.10 bits per heavy atom. The highest BCUT2D eigenvalue weighted by Gasteiger charge is 2.28. The number of nitrogens with one attached hydrogen (secondary N) is 1. The average molecular weight is 270 g/mol. The third kappa shape index (κ3) is 2.11. The maximum atomic E-state index is 11.3. The molecule has 1 aromatic carbocycles. The molecule has 1 atom stereocenters. The molecule has 0 aliphatic heterocycles. The minimum Gasteiger partial charge on any atom is -0.357 e. The van der Waals surface area contributed by atoms with E-state index in [4.69, 9.17) is 4.52 Å². The van der Waals surface area contributed by atoms with Gasteiger partial charge in [0.05, 0.1) is 5.69 Å². The molecule has 1 heterocycles. The van der Waals surface area contributed by atoms with Crippen molar-refractivity contribution in [1.82, 2.24) is 5.16 Å². The lowest BCUT2D eigenvalue weighted by Gasteiger charge is -2.21. The lowest BCUT2D eigenvalue weighted by molar-refractivity contribution is 0.101. The smallest absolute Gasteiger partial charge is 0.227 e. The highest BCUT2D eigenvalue weighted by molar-refractivity contribution is 5.94. The zero-order valence-corrected chi connectivity index (χ0v) is 11.8. The molecule has 0 spiro atoms. The summed E-state index contributed by atoms with van der Waals surface area (Å²) in [6.07, 6.45) is 3.21. The second-order valence-electron chi connectivity index (χ2n) is 5.25. The van der Waals surface area contributed by atoms with Crippen LogP contribution in [0.2, 0.25) is 0 Å². The van der Waals surface area contributed by atoms with Gasteiger partial charge in [-0.2, -0.15) is 0 Å². The third-order valence-electron chi connectivity index (χ3n) is 4.01. The van der Waals surface area contributed by atoms with Gasteiger partial charge in [0.25, 0.3) is 0 Å². The van der Waals surface area contributed by atoms with Gasteiger partial charge in [0, 0.05) is 24.1 Å². The highest BCUT2D eigenvalue weighted by atomic mass is 16.5. The van der Waals surface area contributed by atoms with Crippen LogP contribution in [-0.2, 0) is 6.42 Å². The van der Waals surface area contributed by atoms with Crippen LogP contribution < -0.4 is 5.32 Å². The molecule has 4 nitrogen and oxygen atoms in total. The van der Waals surface area contributed by atoms with Gasteiger partial charge in [-0.3, -0.25) is 4.79 Å². The molecule has 0 fully saturated rings. The van der Waals surface area contributed by atoms with E-state index in [1.807, 2.05) is 31.3 Å². The van der Waals surface area contributed by atoms with Crippen molar-refractivity contribution in [2.24, 2.45) is 0 Å². The van der Waals surface area contributed by atoms with Crippen LogP contribution in [-0.4, -0.2) is 18.0 Å². The molecule has 4 heteroatoms. The number of benzene rings is 1. The number of rotatable bonds is 3. The van der Waals surface area contributed by atoms with Gasteiger partial charge in [-0.05, 0) is 31.7 Å². The maximum absolute atomic E-state index is 11.3. The van der Waals surface area contributed by atoms with Gasteiger partial charge in [0.2, 0.25) is 5.88 Å². The summed E-state index contributed by atoms with van der Waals surface area (Å²) in [6, 6.07) is 7.85. The molecular weight excluding hydrogens is 252 g/mol. The van der Waals surface area contributed by atoms with Gasteiger partial charge >= 0.3 is 0 Å². The van der Waals surface area contributed by atoms with E-state index < -0.39 is 0 Å². The number of carbonyl (C=O) groups is 1. The minimum absolute atomic E-state index is 0.0970. The summed E-state index contributed by atoms with van der Waals surface area (Å²) in [5.41, 5.74) is 4.18. The standard InChI is InChI=1S/C16H18N2O2/c1-10(19)11-6-8-12(9-7-11)13-4-3-5-14-15(13)18-20-16(14)17-2/h6-9,13,17H,3-5H2,1-2H3. The number of aromatic nitrogens is 1. The third-order valence-corrected chi connectivity index (χ3v) is 4.01. The summed E-state index contributed by atoms with van der Waals surface area (Å²) in [7, 11) is 1.85. The fourth-order valence-electron chi connectivity index (χ4n) is 2.93. The van der Waals surface area contributed by atoms with E-state index in [0.717, 1.165) is 36.4 Å². The Bertz CT molecular complexity index is 628. The van der Waals surface area contributed by atoms with E-state index >= 15 is 0 Å². The second kappa shape index (κ2) is 5.12. The van der Waals surface area contributed by atoms with Gasteiger partial charge in [-0.1, -0.05) is 29.4 Å². The molecule has 0 amide bonds. The Hall–Kier alpha value is -2.10. The van der Waals surface area contributed by atoms with E-state index in [1.54, 1.807) is 6.92 Å². The lowest BCUT2D eigenvalue weighted by Crippen LogP contribution is -2.11. The number of nitrogens with zero attached hydrogens (tertiary/aromatic N) is 1. The van der Waals surface area contributed by atoms with Crippen LogP contribution in [0, 0.1) is 0 Å². The fraction of sp³-hybridized carbons (Fsp3) is 0.375. The first-order valence-electron chi connectivity index (χ1n) is 6.97. The Balaban J connectivity index is 1.96. The van der Waals surface area contributed by atoms with Crippen molar-refractivity contribution in [3.8, 4) is 0 Å². The number of hydrogen-bond donors (Lipinski definition) is 1. The number of fused-ring (bicyclic) bond motifs is 1. The highest BCUT2D eigenvalue weighted by Crippen LogP contribution is 2.39. The molecule has 0 saturated carbocycles.